The zero-order valence-electron chi connectivity index (χ0n) is 11.2. The van der Waals surface area contributed by atoms with Gasteiger partial charge in [-0.05, 0) is 43.4 Å². The Morgan fingerprint density at radius 3 is 2.38 bits per heavy atom. The van der Waals surface area contributed by atoms with Crippen molar-refractivity contribution in [2.24, 2.45) is 23.2 Å². The fourth-order valence-corrected chi connectivity index (χ4v) is 2.70. The Hall–Kier alpha value is -0.440. The first-order chi connectivity index (χ1) is 7.61. The quantitative estimate of drug-likeness (QED) is 0.603. The maximum absolute atomic E-state index is 3.49. The monoisotopic (exact) mass is 218 g/mol. The van der Waals surface area contributed by atoms with Gasteiger partial charge in [-0.25, -0.2) is 0 Å². The molecule has 2 saturated carbocycles. The highest BCUT2D eigenvalue weighted by atomic mass is 14.4. The van der Waals surface area contributed by atoms with Crippen LogP contribution in [0.5, 0.6) is 0 Å². The first kappa shape index (κ1) is 12.0. The molecule has 0 aliphatic heterocycles. The largest absolute Gasteiger partial charge is 0.0996 e. The van der Waals surface area contributed by atoms with Gasteiger partial charge in [0.15, 0.2) is 0 Å². The molecule has 0 aromatic heterocycles. The molecule has 0 bridgehead atoms. The maximum Gasteiger partial charge on any atom is 0.0213 e. The lowest BCUT2D eigenvalue weighted by molar-refractivity contribution is 0.0917. The molecule has 2 rings (SSSR count). The maximum atomic E-state index is 3.49. The summed E-state index contributed by atoms with van der Waals surface area (Å²) < 4.78 is 0. The molecule has 0 aromatic rings. The van der Waals surface area contributed by atoms with E-state index in [0.717, 1.165) is 17.8 Å². The summed E-state index contributed by atoms with van der Waals surface area (Å²) in [5.41, 5.74) is 0.631. The molecular weight excluding hydrogens is 192 g/mol. The van der Waals surface area contributed by atoms with Crippen LogP contribution in [0.15, 0.2) is 0 Å². The number of hydrogen-bond donors (Lipinski definition) is 0. The number of rotatable bonds is 4. The molecule has 0 heteroatoms. The minimum absolute atomic E-state index is 0.631. The summed E-state index contributed by atoms with van der Waals surface area (Å²) in [6.07, 6.45) is 9.63. The third-order valence-corrected chi connectivity index (χ3v) is 4.48. The van der Waals surface area contributed by atoms with Gasteiger partial charge >= 0.3 is 0 Å². The van der Waals surface area contributed by atoms with Crippen molar-refractivity contribution >= 4 is 0 Å². The summed E-state index contributed by atoms with van der Waals surface area (Å²) in [5.74, 6) is 9.34. The fourth-order valence-electron chi connectivity index (χ4n) is 2.70. The van der Waals surface area contributed by atoms with Gasteiger partial charge in [-0.15, -0.1) is 0 Å². The zero-order chi connectivity index (χ0) is 11.6. The Balaban J connectivity index is 1.67. The van der Waals surface area contributed by atoms with E-state index < -0.39 is 0 Å². The lowest BCUT2D eigenvalue weighted by Gasteiger charge is -2.43. The molecule has 2 aliphatic carbocycles. The van der Waals surface area contributed by atoms with Crippen LogP contribution in [0.25, 0.3) is 0 Å². The summed E-state index contributed by atoms with van der Waals surface area (Å²) >= 11 is 0. The van der Waals surface area contributed by atoms with Crippen molar-refractivity contribution < 1.29 is 0 Å². The highest BCUT2D eigenvalue weighted by Crippen LogP contribution is 2.49. The van der Waals surface area contributed by atoms with E-state index in [-0.39, 0.29) is 0 Å². The average Bonchev–Trinajstić information content (AvgIpc) is 3.03. The van der Waals surface area contributed by atoms with Gasteiger partial charge in [0.2, 0.25) is 0 Å². The van der Waals surface area contributed by atoms with Crippen molar-refractivity contribution in [1.82, 2.24) is 0 Å². The SMILES string of the molecule is CCC(C)CCC1(C)CC(C#CC2CC2)C1. The van der Waals surface area contributed by atoms with Crippen molar-refractivity contribution in [3.63, 3.8) is 0 Å². The van der Waals surface area contributed by atoms with Crippen LogP contribution in [-0.4, -0.2) is 0 Å². The molecular formula is C16H26. The molecule has 0 nitrogen and oxygen atoms in total. The Kier molecular flexibility index (Phi) is 3.63. The molecule has 0 amide bonds. The van der Waals surface area contributed by atoms with Gasteiger partial charge in [-0.2, -0.15) is 0 Å². The van der Waals surface area contributed by atoms with Crippen LogP contribution in [0, 0.1) is 35.0 Å². The van der Waals surface area contributed by atoms with Crippen molar-refractivity contribution in [3.8, 4) is 11.8 Å². The van der Waals surface area contributed by atoms with E-state index in [1.807, 2.05) is 0 Å². The third-order valence-electron chi connectivity index (χ3n) is 4.48. The third kappa shape index (κ3) is 3.27. The van der Waals surface area contributed by atoms with Gasteiger partial charge in [-0.1, -0.05) is 45.5 Å². The number of hydrogen-bond acceptors (Lipinski definition) is 0. The van der Waals surface area contributed by atoms with Crippen LogP contribution in [0.4, 0.5) is 0 Å². The lowest BCUT2D eigenvalue weighted by Crippen LogP contribution is -2.34. The Labute approximate surface area is 101 Å². The van der Waals surface area contributed by atoms with Crippen molar-refractivity contribution in [2.75, 3.05) is 0 Å². The van der Waals surface area contributed by atoms with E-state index in [0.29, 0.717) is 5.41 Å². The molecule has 0 radical (unpaired) electrons. The molecule has 0 heterocycles. The fraction of sp³-hybridized carbons (Fsp3) is 0.875. The summed E-state index contributed by atoms with van der Waals surface area (Å²) in [5, 5.41) is 0. The molecule has 0 aromatic carbocycles. The Morgan fingerprint density at radius 2 is 1.81 bits per heavy atom. The molecule has 2 fully saturated rings. The lowest BCUT2D eigenvalue weighted by atomic mass is 9.61. The van der Waals surface area contributed by atoms with Gasteiger partial charge in [-0.3, -0.25) is 0 Å². The van der Waals surface area contributed by atoms with E-state index in [2.05, 4.69) is 32.6 Å². The van der Waals surface area contributed by atoms with Crippen LogP contribution in [0.3, 0.4) is 0 Å². The molecule has 2 aliphatic rings. The van der Waals surface area contributed by atoms with Crippen molar-refractivity contribution in [1.29, 1.82) is 0 Å². The van der Waals surface area contributed by atoms with Crippen molar-refractivity contribution in [3.05, 3.63) is 0 Å². The van der Waals surface area contributed by atoms with E-state index >= 15 is 0 Å². The second kappa shape index (κ2) is 4.82. The second-order valence-corrected chi connectivity index (χ2v) is 6.53. The van der Waals surface area contributed by atoms with Gasteiger partial charge in [0.1, 0.15) is 0 Å². The molecule has 0 N–H and O–H groups in total. The van der Waals surface area contributed by atoms with Crippen LogP contribution in [0.1, 0.15) is 65.7 Å². The normalized spacial score (nSPS) is 34.8. The molecule has 1 atom stereocenters. The van der Waals surface area contributed by atoms with Crippen LogP contribution >= 0.6 is 0 Å². The summed E-state index contributed by atoms with van der Waals surface area (Å²) in [6, 6.07) is 0. The summed E-state index contributed by atoms with van der Waals surface area (Å²) in [7, 11) is 0. The van der Waals surface area contributed by atoms with Gasteiger partial charge < -0.3 is 0 Å². The minimum Gasteiger partial charge on any atom is -0.0996 e. The highest BCUT2D eigenvalue weighted by molar-refractivity contribution is 5.15. The van der Waals surface area contributed by atoms with Crippen LogP contribution in [-0.2, 0) is 0 Å². The van der Waals surface area contributed by atoms with Crippen LogP contribution < -0.4 is 0 Å². The van der Waals surface area contributed by atoms with E-state index in [4.69, 9.17) is 0 Å². The molecule has 0 spiro atoms. The summed E-state index contributed by atoms with van der Waals surface area (Å²) in [4.78, 5) is 0. The van der Waals surface area contributed by atoms with Gasteiger partial charge in [0.25, 0.3) is 0 Å². The highest BCUT2D eigenvalue weighted by Gasteiger charge is 2.39. The van der Waals surface area contributed by atoms with E-state index in [1.54, 1.807) is 0 Å². The molecule has 0 saturated heterocycles. The predicted octanol–water partition coefficient (Wildman–Crippen LogP) is 4.64. The minimum atomic E-state index is 0.631. The predicted molar refractivity (Wildman–Crippen MR) is 70.0 cm³/mol. The Morgan fingerprint density at radius 1 is 1.19 bits per heavy atom. The summed E-state index contributed by atoms with van der Waals surface area (Å²) in [6.45, 7) is 7.15. The van der Waals surface area contributed by atoms with Gasteiger partial charge in [0.05, 0.1) is 0 Å². The first-order valence-corrected chi connectivity index (χ1v) is 7.12. The first-order valence-electron chi connectivity index (χ1n) is 7.12. The van der Waals surface area contributed by atoms with E-state index in [1.165, 1.54) is 44.9 Å². The second-order valence-electron chi connectivity index (χ2n) is 6.53. The molecule has 90 valence electrons. The topological polar surface area (TPSA) is 0 Å². The standard InChI is InChI=1S/C16H26/c1-4-13(2)9-10-16(3)11-15(12-16)8-7-14-5-6-14/h13-15H,4-6,9-12H2,1-3H3. The van der Waals surface area contributed by atoms with Crippen molar-refractivity contribution in [2.45, 2.75) is 65.7 Å². The van der Waals surface area contributed by atoms with Gasteiger partial charge in [0, 0.05) is 11.8 Å². The zero-order valence-corrected chi connectivity index (χ0v) is 11.2. The smallest absolute Gasteiger partial charge is 0.0213 e. The average molecular weight is 218 g/mol. The molecule has 16 heavy (non-hydrogen) atoms. The molecule has 1 unspecified atom stereocenters. The Bertz CT molecular complexity index is 281. The van der Waals surface area contributed by atoms with E-state index in [9.17, 15) is 0 Å². The van der Waals surface area contributed by atoms with Crippen LogP contribution in [0.2, 0.25) is 0 Å².